The molecule has 0 aliphatic carbocycles. The summed E-state index contributed by atoms with van der Waals surface area (Å²) in [5.41, 5.74) is 4.88. The van der Waals surface area contributed by atoms with E-state index in [0.29, 0.717) is 0 Å². The van der Waals surface area contributed by atoms with E-state index < -0.39 is 7.14 Å². The van der Waals surface area contributed by atoms with Crippen molar-refractivity contribution in [1.82, 2.24) is 9.97 Å². The summed E-state index contributed by atoms with van der Waals surface area (Å²) < 4.78 is 14.8. The summed E-state index contributed by atoms with van der Waals surface area (Å²) in [5.74, 6) is 0. The van der Waals surface area contributed by atoms with Crippen LogP contribution < -0.4 is 15.9 Å². The van der Waals surface area contributed by atoms with Gasteiger partial charge in [0.2, 0.25) is 0 Å². The second-order valence-corrected chi connectivity index (χ2v) is 12.1. The second-order valence-electron chi connectivity index (χ2n) is 9.37. The number of nitrogens with zero attached hydrogens (tertiary/aromatic N) is 2. The van der Waals surface area contributed by atoms with Crippen molar-refractivity contribution in [2.75, 3.05) is 0 Å². The van der Waals surface area contributed by atoms with Crippen molar-refractivity contribution >= 4 is 55.8 Å². The van der Waals surface area contributed by atoms with Gasteiger partial charge in [-0.2, -0.15) is 0 Å². The first-order valence-corrected chi connectivity index (χ1v) is 14.3. The fourth-order valence-corrected chi connectivity index (χ4v) is 8.01. The van der Waals surface area contributed by atoms with Crippen LogP contribution in [0.1, 0.15) is 0 Å². The Balaban J connectivity index is 1.47. The van der Waals surface area contributed by atoms with Gasteiger partial charge in [-0.25, -0.2) is 4.98 Å². The summed E-state index contributed by atoms with van der Waals surface area (Å²) in [5, 5.41) is 5.67. The molecular weight excluding hydrogens is 483 g/mol. The molecule has 0 atom stereocenters. The van der Waals surface area contributed by atoms with Gasteiger partial charge in [-0.15, -0.1) is 0 Å². The molecule has 180 valence electrons. The van der Waals surface area contributed by atoms with E-state index in [0.717, 1.165) is 59.7 Å². The third-order valence-electron chi connectivity index (χ3n) is 7.18. The number of hydrogen-bond acceptors (Lipinski definition) is 3. The Bertz CT molecular complexity index is 1940. The predicted octanol–water partition coefficient (Wildman–Crippen LogP) is 7.24. The minimum atomic E-state index is -3.04. The monoisotopic (exact) mass is 506 g/mol. The van der Waals surface area contributed by atoms with Crippen molar-refractivity contribution < 1.29 is 4.57 Å². The standard InChI is InChI=1S/C34H23N2OP/c37-38(26-11-3-1-4-12-26,27-13-5-2-6-14-27)28-20-17-24(18-21-28)32-29-15-7-8-16-31(29)36-34-30(32)22-19-25-10-9-23-35-33(25)34/h1-23H. The van der Waals surface area contributed by atoms with E-state index in [1.54, 1.807) is 0 Å². The van der Waals surface area contributed by atoms with E-state index in [4.69, 9.17) is 4.98 Å². The Hall–Kier alpha value is -4.59. The lowest BCUT2D eigenvalue weighted by Gasteiger charge is -2.20. The number of pyridine rings is 2. The van der Waals surface area contributed by atoms with E-state index in [1.807, 2.05) is 103 Å². The molecule has 0 aliphatic heterocycles. The third-order valence-corrected chi connectivity index (χ3v) is 10.3. The van der Waals surface area contributed by atoms with Crippen LogP contribution in [0.5, 0.6) is 0 Å². The molecular formula is C34H23N2OP. The fourth-order valence-electron chi connectivity index (χ4n) is 5.36. The molecule has 38 heavy (non-hydrogen) atoms. The summed E-state index contributed by atoms with van der Waals surface area (Å²) in [6.45, 7) is 0. The van der Waals surface area contributed by atoms with Gasteiger partial charge in [0.15, 0.2) is 7.14 Å². The Morgan fingerprint density at radius 3 is 1.84 bits per heavy atom. The Morgan fingerprint density at radius 1 is 0.500 bits per heavy atom. The van der Waals surface area contributed by atoms with E-state index in [1.165, 1.54) is 0 Å². The number of para-hydroxylation sites is 1. The minimum Gasteiger partial charge on any atom is -0.309 e. The van der Waals surface area contributed by atoms with Crippen molar-refractivity contribution in [3.05, 3.63) is 140 Å². The zero-order valence-electron chi connectivity index (χ0n) is 20.5. The van der Waals surface area contributed by atoms with Crippen LogP contribution >= 0.6 is 7.14 Å². The first-order valence-electron chi connectivity index (χ1n) is 12.6. The normalized spacial score (nSPS) is 11.8. The van der Waals surface area contributed by atoms with Crippen molar-refractivity contribution in [3.63, 3.8) is 0 Å². The number of benzene rings is 5. The molecule has 0 radical (unpaired) electrons. The highest BCUT2D eigenvalue weighted by atomic mass is 31.2. The van der Waals surface area contributed by atoms with Crippen LogP contribution in [0.25, 0.3) is 43.8 Å². The number of rotatable bonds is 4. The van der Waals surface area contributed by atoms with Crippen LogP contribution in [-0.4, -0.2) is 9.97 Å². The third kappa shape index (κ3) is 3.55. The largest absolute Gasteiger partial charge is 0.309 e. The summed E-state index contributed by atoms with van der Waals surface area (Å²) in [6, 6.07) is 44.3. The molecule has 0 saturated heterocycles. The van der Waals surface area contributed by atoms with Crippen molar-refractivity contribution in [2.24, 2.45) is 0 Å². The molecule has 3 nitrogen and oxygen atoms in total. The highest BCUT2D eigenvalue weighted by molar-refractivity contribution is 7.85. The molecule has 2 aromatic heterocycles. The van der Waals surface area contributed by atoms with Gasteiger partial charge in [-0.3, -0.25) is 4.98 Å². The van der Waals surface area contributed by atoms with Crippen LogP contribution in [0.2, 0.25) is 0 Å². The maximum Gasteiger partial charge on any atom is 0.171 e. The summed E-state index contributed by atoms with van der Waals surface area (Å²) in [6.07, 6.45) is 1.82. The molecule has 0 aliphatic rings. The second kappa shape index (κ2) is 9.06. The average Bonchev–Trinajstić information content (AvgIpc) is 3.00. The zero-order chi connectivity index (χ0) is 25.5. The van der Waals surface area contributed by atoms with Crippen molar-refractivity contribution in [3.8, 4) is 11.1 Å². The minimum absolute atomic E-state index is 0.813. The van der Waals surface area contributed by atoms with Gasteiger partial charge < -0.3 is 4.57 Å². The Kier molecular flexibility index (Phi) is 5.39. The van der Waals surface area contributed by atoms with Gasteiger partial charge in [0.25, 0.3) is 0 Å². The molecule has 0 amide bonds. The van der Waals surface area contributed by atoms with Crippen molar-refractivity contribution in [2.45, 2.75) is 0 Å². The summed E-state index contributed by atoms with van der Waals surface area (Å²) >= 11 is 0. The molecule has 5 aromatic carbocycles. The van der Waals surface area contributed by atoms with Gasteiger partial charge in [0.05, 0.1) is 16.6 Å². The number of fused-ring (bicyclic) bond motifs is 4. The molecule has 0 bridgehead atoms. The highest BCUT2D eigenvalue weighted by Gasteiger charge is 2.29. The lowest BCUT2D eigenvalue weighted by atomic mass is 9.95. The lowest BCUT2D eigenvalue weighted by Crippen LogP contribution is -2.24. The molecule has 4 heteroatoms. The average molecular weight is 507 g/mol. The first-order chi connectivity index (χ1) is 18.7. The predicted molar refractivity (Wildman–Crippen MR) is 159 cm³/mol. The Labute approximate surface area is 220 Å². The van der Waals surface area contributed by atoms with Crippen LogP contribution in [0, 0.1) is 0 Å². The molecule has 7 rings (SSSR count). The van der Waals surface area contributed by atoms with Crippen LogP contribution in [-0.2, 0) is 4.57 Å². The fraction of sp³-hybridized carbons (Fsp3) is 0. The van der Waals surface area contributed by atoms with Crippen LogP contribution in [0.4, 0.5) is 0 Å². The maximum absolute atomic E-state index is 14.8. The topological polar surface area (TPSA) is 42.9 Å². The molecule has 0 saturated carbocycles. The zero-order valence-corrected chi connectivity index (χ0v) is 21.4. The quantitative estimate of drug-likeness (QED) is 0.144. The van der Waals surface area contributed by atoms with E-state index in [2.05, 4.69) is 41.4 Å². The van der Waals surface area contributed by atoms with Gasteiger partial charge in [-0.05, 0) is 17.7 Å². The van der Waals surface area contributed by atoms with E-state index >= 15 is 0 Å². The molecule has 0 fully saturated rings. The maximum atomic E-state index is 14.8. The Morgan fingerprint density at radius 2 is 1.13 bits per heavy atom. The number of aromatic nitrogens is 2. The number of hydrogen-bond donors (Lipinski definition) is 0. The van der Waals surface area contributed by atoms with Gasteiger partial charge in [0.1, 0.15) is 0 Å². The molecule has 2 heterocycles. The van der Waals surface area contributed by atoms with Gasteiger partial charge in [-0.1, -0.05) is 121 Å². The molecule has 0 spiro atoms. The van der Waals surface area contributed by atoms with Crippen LogP contribution in [0.15, 0.2) is 140 Å². The van der Waals surface area contributed by atoms with E-state index in [9.17, 15) is 4.57 Å². The highest BCUT2D eigenvalue weighted by Crippen LogP contribution is 2.43. The van der Waals surface area contributed by atoms with Crippen molar-refractivity contribution in [1.29, 1.82) is 0 Å². The first kappa shape index (κ1) is 22.6. The van der Waals surface area contributed by atoms with Gasteiger partial charge in [0, 0.05) is 43.8 Å². The molecule has 0 unspecified atom stereocenters. The summed E-state index contributed by atoms with van der Waals surface area (Å²) in [7, 11) is -3.04. The lowest BCUT2D eigenvalue weighted by molar-refractivity contribution is 0.592. The van der Waals surface area contributed by atoms with Crippen LogP contribution in [0.3, 0.4) is 0 Å². The molecule has 0 N–H and O–H groups in total. The molecule has 7 aromatic rings. The van der Waals surface area contributed by atoms with Gasteiger partial charge >= 0.3 is 0 Å². The van der Waals surface area contributed by atoms with E-state index in [-0.39, 0.29) is 0 Å². The smallest absolute Gasteiger partial charge is 0.171 e. The SMILES string of the molecule is O=P(c1ccccc1)(c1ccccc1)c1ccc(-c2c3ccccc3nc3c2ccc2cccnc23)cc1. The summed E-state index contributed by atoms with van der Waals surface area (Å²) in [4.78, 5) is 9.69.